The SMILES string of the molecule is COC(=O)c1cccc(S(=O)(=O)N(Cc2ccc3c(c2)OCO3)Cc2cc3cc4c(cc3[nH]c2=O)OCCO4)c1. The molecule has 0 spiro atoms. The van der Waals surface area contributed by atoms with Gasteiger partial charge in [-0.2, -0.15) is 4.31 Å². The molecule has 206 valence electrons. The van der Waals surface area contributed by atoms with Crippen molar-refractivity contribution in [3.63, 3.8) is 0 Å². The normalized spacial score (nSPS) is 13.9. The number of pyridine rings is 1. The molecule has 11 nitrogen and oxygen atoms in total. The molecular formula is C28H24N2O9S. The van der Waals surface area contributed by atoms with E-state index >= 15 is 0 Å². The van der Waals surface area contributed by atoms with Gasteiger partial charge in [0.2, 0.25) is 16.8 Å². The number of carbonyl (C=O) groups is 1. The molecule has 0 saturated heterocycles. The highest BCUT2D eigenvalue weighted by atomic mass is 32.2. The number of benzene rings is 3. The number of hydrogen-bond donors (Lipinski definition) is 1. The number of ether oxygens (including phenoxy) is 5. The predicted octanol–water partition coefficient (Wildman–Crippen LogP) is 3.21. The van der Waals surface area contributed by atoms with Crippen LogP contribution in [-0.2, 0) is 27.8 Å². The summed E-state index contributed by atoms with van der Waals surface area (Å²) in [4.78, 5) is 28.0. The molecule has 1 aromatic heterocycles. The van der Waals surface area contributed by atoms with Gasteiger partial charge in [-0.05, 0) is 48.0 Å². The van der Waals surface area contributed by atoms with Crippen LogP contribution in [0.25, 0.3) is 10.9 Å². The molecule has 0 saturated carbocycles. The van der Waals surface area contributed by atoms with Crippen LogP contribution < -0.4 is 24.5 Å². The quantitative estimate of drug-likeness (QED) is 0.336. The van der Waals surface area contributed by atoms with Crippen LogP contribution in [0.4, 0.5) is 0 Å². The molecule has 2 aliphatic heterocycles. The zero-order valence-corrected chi connectivity index (χ0v) is 22.2. The first kappa shape index (κ1) is 25.7. The fourth-order valence-corrected chi connectivity index (χ4v) is 6.07. The second kappa shape index (κ2) is 10.2. The Morgan fingerprint density at radius 2 is 1.65 bits per heavy atom. The Hall–Kier alpha value is -4.55. The molecule has 0 atom stereocenters. The minimum absolute atomic E-state index is 0.0754. The van der Waals surface area contributed by atoms with Crippen LogP contribution in [0, 0.1) is 0 Å². The Morgan fingerprint density at radius 3 is 2.45 bits per heavy atom. The van der Waals surface area contributed by atoms with Crippen LogP contribution in [0.3, 0.4) is 0 Å². The smallest absolute Gasteiger partial charge is 0.337 e. The highest BCUT2D eigenvalue weighted by Gasteiger charge is 2.28. The fourth-order valence-electron chi connectivity index (χ4n) is 4.61. The van der Waals surface area contributed by atoms with Gasteiger partial charge in [0.15, 0.2) is 23.0 Å². The summed E-state index contributed by atoms with van der Waals surface area (Å²) in [7, 11) is -2.99. The number of esters is 1. The lowest BCUT2D eigenvalue weighted by Crippen LogP contribution is -2.32. The van der Waals surface area contributed by atoms with Gasteiger partial charge in [0.05, 0.1) is 23.1 Å². The van der Waals surface area contributed by atoms with Gasteiger partial charge in [-0.1, -0.05) is 12.1 Å². The lowest BCUT2D eigenvalue weighted by atomic mass is 10.1. The highest BCUT2D eigenvalue weighted by molar-refractivity contribution is 7.89. The maximum atomic E-state index is 14.0. The summed E-state index contributed by atoms with van der Waals surface area (Å²) in [6.45, 7) is 0.552. The molecule has 0 bridgehead atoms. The molecule has 6 rings (SSSR count). The van der Waals surface area contributed by atoms with Crippen LogP contribution in [0.2, 0.25) is 0 Å². The van der Waals surface area contributed by atoms with Crippen molar-refractivity contribution in [3.8, 4) is 23.0 Å². The summed E-state index contributed by atoms with van der Waals surface area (Å²) in [6.07, 6.45) is 0. The summed E-state index contributed by atoms with van der Waals surface area (Å²) in [6, 6.07) is 15.8. The van der Waals surface area contributed by atoms with Crippen molar-refractivity contribution in [1.29, 1.82) is 0 Å². The number of nitrogens with one attached hydrogen (secondary N) is 1. The van der Waals surface area contributed by atoms with Gasteiger partial charge in [0.25, 0.3) is 5.56 Å². The topological polar surface area (TPSA) is 133 Å². The molecule has 1 N–H and O–H groups in total. The minimum Gasteiger partial charge on any atom is -0.486 e. The summed E-state index contributed by atoms with van der Waals surface area (Å²) in [5.74, 6) is 1.46. The van der Waals surface area contributed by atoms with Gasteiger partial charge >= 0.3 is 5.97 Å². The van der Waals surface area contributed by atoms with Crippen LogP contribution in [0.1, 0.15) is 21.5 Å². The number of sulfonamides is 1. The third-order valence-corrected chi connectivity index (χ3v) is 8.41. The van der Waals surface area contributed by atoms with Gasteiger partial charge in [-0.25, -0.2) is 13.2 Å². The summed E-state index contributed by atoms with van der Waals surface area (Å²) in [5.41, 5.74) is 1.01. The fraction of sp³-hybridized carbons (Fsp3) is 0.214. The average molecular weight is 565 g/mol. The number of aromatic nitrogens is 1. The maximum Gasteiger partial charge on any atom is 0.337 e. The predicted molar refractivity (Wildman–Crippen MR) is 142 cm³/mol. The first-order valence-electron chi connectivity index (χ1n) is 12.3. The van der Waals surface area contributed by atoms with Gasteiger partial charge in [0.1, 0.15) is 13.2 Å². The van der Waals surface area contributed by atoms with Gasteiger partial charge in [-0.3, -0.25) is 4.79 Å². The van der Waals surface area contributed by atoms with Crippen molar-refractivity contribution >= 4 is 26.9 Å². The zero-order valence-electron chi connectivity index (χ0n) is 21.3. The van der Waals surface area contributed by atoms with Gasteiger partial charge < -0.3 is 28.7 Å². The number of hydrogen-bond acceptors (Lipinski definition) is 9. The van der Waals surface area contributed by atoms with E-state index in [4.69, 9.17) is 23.7 Å². The average Bonchev–Trinajstić information content (AvgIpc) is 3.44. The molecule has 0 radical (unpaired) electrons. The zero-order chi connectivity index (χ0) is 27.9. The molecule has 4 aromatic rings. The second-order valence-corrected chi connectivity index (χ2v) is 11.1. The van der Waals surface area contributed by atoms with Gasteiger partial charge in [0, 0.05) is 30.1 Å². The molecule has 0 unspecified atom stereocenters. The third kappa shape index (κ3) is 4.82. The molecule has 0 aliphatic carbocycles. The number of carbonyl (C=O) groups excluding carboxylic acids is 1. The first-order chi connectivity index (χ1) is 19.3. The van der Waals surface area contributed by atoms with Gasteiger partial charge in [-0.15, -0.1) is 0 Å². The van der Waals surface area contributed by atoms with E-state index in [1.165, 1.54) is 35.7 Å². The summed E-state index contributed by atoms with van der Waals surface area (Å²) in [5, 5.41) is 0.659. The van der Waals surface area contributed by atoms with Crippen molar-refractivity contribution in [1.82, 2.24) is 9.29 Å². The van der Waals surface area contributed by atoms with E-state index in [-0.39, 0.29) is 35.9 Å². The number of rotatable bonds is 7. The largest absolute Gasteiger partial charge is 0.486 e. The van der Waals surface area contributed by atoms with Crippen molar-refractivity contribution in [2.24, 2.45) is 0 Å². The molecule has 40 heavy (non-hydrogen) atoms. The van der Waals surface area contributed by atoms with E-state index in [0.29, 0.717) is 52.7 Å². The minimum atomic E-state index is -4.20. The first-order valence-corrected chi connectivity index (χ1v) is 13.8. The Balaban J connectivity index is 1.41. The molecule has 12 heteroatoms. The van der Waals surface area contributed by atoms with E-state index in [2.05, 4.69) is 4.98 Å². The summed E-state index contributed by atoms with van der Waals surface area (Å²) < 4.78 is 56.0. The van der Waals surface area contributed by atoms with E-state index in [1.807, 2.05) is 0 Å². The Bertz CT molecular complexity index is 1800. The molecule has 0 amide bonds. The second-order valence-electron chi connectivity index (χ2n) is 9.19. The van der Waals surface area contributed by atoms with E-state index in [9.17, 15) is 18.0 Å². The maximum absolute atomic E-state index is 14.0. The Morgan fingerprint density at radius 1 is 0.900 bits per heavy atom. The van der Waals surface area contributed by atoms with Crippen LogP contribution in [0.5, 0.6) is 23.0 Å². The molecule has 3 heterocycles. The van der Waals surface area contributed by atoms with Crippen LogP contribution >= 0.6 is 0 Å². The number of aromatic amines is 1. The van der Waals surface area contributed by atoms with Crippen LogP contribution in [0.15, 0.2) is 70.4 Å². The molecular weight excluding hydrogens is 540 g/mol. The molecule has 3 aromatic carbocycles. The lowest BCUT2D eigenvalue weighted by molar-refractivity contribution is 0.0600. The lowest BCUT2D eigenvalue weighted by Gasteiger charge is -2.23. The standard InChI is InChI=1S/C28H24N2O9S/c1-35-28(32)18-3-2-4-21(11-18)40(33,34)30(14-17-5-6-23-24(9-17)39-16-38-23)15-20-10-19-12-25-26(37-8-7-36-25)13-22(19)29-27(20)31/h2-6,9-13H,7-8,14-16H2,1H3,(H,29,31). The number of nitrogens with zero attached hydrogens (tertiary/aromatic N) is 1. The number of fused-ring (bicyclic) bond motifs is 3. The van der Waals surface area contributed by atoms with E-state index in [0.717, 1.165) is 0 Å². The Labute approximate surface area is 228 Å². The monoisotopic (exact) mass is 564 g/mol. The van der Waals surface area contributed by atoms with Crippen molar-refractivity contribution in [3.05, 3.63) is 87.7 Å². The molecule has 2 aliphatic rings. The third-order valence-electron chi connectivity index (χ3n) is 6.62. The number of methoxy groups -OCH3 is 1. The van der Waals surface area contributed by atoms with Crippen molar-refractivity contribution < 1.29 is 36.9 Å². The number of H-pyrrole nitrogens is 1. The van der Waals surface area contributed by atoms with Crippen LogP contribution in [-0.4, -0.2) is 50.8 Å². The summed E-state index contributed by atoms with van der Waals surface area (Å²) >= 11 is 0. The van der Waals surface area contributed by atoms with E-state index in [1.54, 1.807) is 36.4 Å². The van der Waals surface area contributed by atoms with E-state index < -0.39 is 21.6 Å². The van der Waals surface area contributed by atoms with Crippen molar-refractivity contribution in [2.45, 2.75) is 18.0 Å². The highest BCUT2D eigenvalue weighted by Crippen LogP contribution is 2.35. The Kier molecular flexibility index (Phi) is 6.56. The van der Waals surface area contributed by atoms with Crippen molar-refractivity contribution in [2.75, 3.05) is 27.1 Å². The molecule has 0 fully saturated rings.